The Labute approximate surface area is 145 Å². The van der Waals surface area contributed by atoms with Crippen LogP contribution in [0.25, 0.3) is 11.6 Å². The fourth-order valence-corrected chi connectivity index (χ4v) is 3.76. The van der Waals surface area contributed by atoms with Gasteiger partial charge in [0.1, 0.15) is 5.82 Å². The van der Waals surface area contributed by atoms with Crippen LogP contribution < -0.4 is 10.0 Å². The molecule has 1 heterocycles. The van der Waals surface area contributed by atoms with Crippen LogP contribution in [0.15, 0.2) is 47.4 Å². The standard InChI is InChI=1S/C18H17FN2O3S/c1-2-8-20-25(23,24)14-5-3-4-12(9-14)10-16-15-7-6-13(19)11-17(15)21-18(16)22/h3-7,9-11,20H,2,8H2,1H3,(H,21,22). The molecule has 0 unspecified atom stereocenters. The van der Waals surface area contributed by atoms with Gasteiger partial charge in [-0.15, -0.1) is 0 Å². The van der Waals surface area contributed by atoms with Gasteiger partial charge in [0.05, 0.1) is 10.6 Å². The summed E-state index contributed by atoms with van der Waals surface area (Å²) in [6, 6.07) is 10.4. The van der Waals surface area contributed by atoms with E-state index in [4.69, 9.17) is 0 Å². The van der Waals surface area contributed by atoms with E-state index in [9.17, 15) is 17.6 Å². The molecule has 1 aliphatic heterocycles. The fraction of sp³-hybridized carbons (Fsp3) is 0.167. The number of halogens is 1. The lowest BCUT2D eigenvalue weighted by atomic mass is 10.0. The normalized spacial score (nSPS) is 15.3. The molecule has 0 saturated carbocycles. The van der Waals surface area contributed by atoms with Gasteiger partial charge in [-0.05, 0) is 48.4 Å². The average Bonchev–Trinajstić information content (AvgIpc) is 2.88. The van der Waals surface area contributed by atoms with Crippen molar-refractivity contribution in [2.45, 2.75) is 18.2 Å². The maximum Gasteiger partial charge on any atom is 0.256 e. The molecule has 2 N–H and O–H groups in total. The van der Waals surface area contributed by atoms with E-state index in [0.717, 1.165) is 0 Å². The van der Waals surface area contributed by atoms with E-state index in [0.29, 0.717) is 35.4 Å². The number of carbonyl (C=O) groups excluding carboxylic acids is 1. The molecule has 0 fully saturated rings. The Morgan fingerprint density at radius 3 is 2.76 bits per heavy atom. The first-order valence-electron chi connectivity index (χ1n) is 7.83. The third kappa shape index (κ3) is 3.62. The van der Waals surface area contributed by atoms with Crippen LogP contribution in [-0.4, -0.2) is 20.9 Å². The monoisotopic (exact) mass is 360 g/mol. The quantitative estimate of drug-likeness (QED) is 0.805. The summed E-state index contributed by atoms with van der Waals surface area (Å²) in [5, 5.41) is 2.60. The molecule has 2 aromatic rings. The molecule has 0 radical (unpaired) electrons. The Morgan fingerprint density at radius 2 is 2.00 bits per heavy atom. The number of amides is 1. The van der Waals surface area contributed by atoms with Gasteiger partial charge in [0.25, 0.3) is 5.91 Å². The summed E-state index contributed by atoms with van der Waals surface area (Å²) in [6.07, 6.45) is 2.29. The first-order chi connectivity index (χ1) is 11.9. The predicted molar refractivity (Wildman–Crippen MR) is 94.8 cm³/mol. The first kappa shape index (κ1) is 17.3. The van der Waals surface area contributed by atoms with Gasteiger partial charge in [-0.25, -0.2) is 17.5 Å². The van der Waals surface area contributed by atoms with Gasteiger partial charge < -0.3 is 5.32 Å². The second-order valence-corrected chi connectivity index (χ2v) is 7.44. The number of rotatable bonds is 5. The summed E-state index contributed by atoms with van der Waals surface area (Å²) in [5.41, 5.74) is 1.93. The summed E-state index contributed by atoms with van der Waals surface area (Å²) < 4.78 is 40.2. The van der Waals surface area contributed by atoms with Gasteiger partial charge in [0.15, 0.2) is 0 Å². The molecular formula is C18H17FN2O3S. The number of anilines is 1. The number of sulfonamides is 1. The molecule has 2 aromatic carbocycles. The molecule has 0 bridgehead atoms. The molecule has 3 rings (SSSR count). The molecule has 7 heteroatoms. The third-order valence-corrected chi connectivity index (χ3v) is 5.24. The van der Waals surface area contributed by atoms with Crippen LogP contribution in [0.2, 0.25) is 0 Å². The van der Waals surface area contributed by atoms with Crippen molar-refractivity contribution in [2.24, 2.45) is 0 Å². The van der Waals surface area contributed by atoms with Gasteiger partial charge in [0.2, 0.25) is 10.0 Å². The molecule has 25 heavy (non-hydrogen) atoms. The molecule has 130 valence electrons. The van der Waals surface area contributed by atoms with Crippen LogP contribution in [0, 0.1) is 5.82 Å². The predicted octanol–water partition coefficient (Wildman–Crippen LogP) is 3.01. The molecular weight excluding hydrogens is 343 g/mol. The summed E-state index contributed by atoms with van der Waals surface area (Å²) in [5.74, 6) is -0.784. The van der Waals surface area contributed by atoms with E-state index in [1.165, 1.54) is 30.3 Å². The lowest BCUT2D eigenvalue weighted by Gasteiger charge is -2.06. The number of hydrogen-bond acceptors (Lipinski definition) is 3. The zero-order valence-electron chi connectivity index (χ0n) is 13.5. The Bertz CT molecular complexity index is 968. The van der Waals surface area contributed by atoms with Crippen LogP contribution in [-0.2, 0) is 14.8 Å². The van der Waals surface area contributed by atoms with Crippen molar-refractivity contribution >= 4 is 33.3 Å². The minimum atomic E-state index is -3.59. The lowest BCUT2D eigenvalue weighted by Crippen LogP contribution is -2.24. The summed E-state index contributed by atoms with van der Waals surface area (Å²) >= 11 is 0. The molecule has 0 saturated heterocycles. The van der Waals surface area contributed by atoms with Gasteiger partial charge >= 0.3 is 0 Å². The highest BCUT2D eigenvalue weighted by Gasteiger charge is 2.24. The topological polar surface area (TPSA) is 75.3 Å². The zero-order chi connectivity index (χ0) is 18.0. The van der Waals surface area contributed by atoms with Crippen LogP contribution in [0.1, 0.15) is 24.5 Å². The van der Waals surface area contributed by atoms with Gasteiger partial charge in [-0.1, -0.05) is 19.1 Å². The molecule has 0 aliphatic carbocycles. The van der Waals surface area contributed by atoms with Crippen LogP contribution in [0.4, 0.5) is 10.1 Å². The maximum absolute atomic E-state index is 13.3. The second-order valence-electron chi connectivity index (χ2n) is 5.67. The highest BCUT2D eigenvalue weighted by Crippen LogP contribution is 2.33. The molecule has 1 amide bonds. The van der Waals surface area contributed by atoms with Crippen molar-refractivity contribution in [3.8, 4) is 0 Å². The molecule has 5 nitrogen and oxygen atoms in total. The molecule has 0 aromatic heterocycles. The van der Waals surface area contributed by atoms with Crippen LogP contribution >= 0.6 is 0 Å². The largest absolute Gasteiger partial charge is 0.321 e. The van der Waals surface area contributed by atoms with Crippen molar-refractivity contribution in [3.63, 3.8) is 0 Å². The first-order valence-corrected chi connectivity index (χ1v) is 9.32. The average molecular weight is 360 g/mol. The van der Waals surface area contributed by atoms with Gasteiger partial charge in [-0.3, -0.25) is 4.79 Å². The number of hydrogen-bond donors (Lipinski definition) is 2. The van der Waals surface area contributed by atoms with E-state index >= 15 is 0 Å². The molecule has 0 atom stereocenters. The Balaban J connectivity index is 1.98. The SMILES string of the molecule is CCCNS(=O)(=O)c1cccc(C=C2C(=O)Nc3cc(F)ccc32)c1. The highest BCUT2D eigenvalue weighted by molar-refractivity contribution is 7.89. The van der Waals surface area contributed by atoms with Gasteiger partial charge in [-0.2, -0.15) is 0 Å². The smallest absolute Gasteiger partial charge is 0.256 e. The minimum absolute atomic E-state index is 0.132. The maximum atomic E-state index is 13.3. The molecule has 0 spiro atoms. The van der Waals surface area contributed by atoms with Crippen molar-refractivity contribution < 1.29 is 17.6 Å². The number of nitrogens with one attached hydrogen (secondary N) is 2. The van der Waals surface area contributed by atoms with E-state index < -0.39 is 15.8 Å². The van der Waals surface area contributed by atoms with Crippen molar-refractivity contribution in [1.29, 1.82) is 0 Å². The number of benzene rings is 2. The summed E-state index contributed by atoms with van der Waals surface area (Å²) in [7, 11) is -3.59. The van der Waals surface area contributed by atoms with E-state index in [1.807, 2.05) is 6.92 Å². The van der Waals surface area contributed by atoms with Crippen LogP contribution in [0.5, 0.6) is 0 Å². The van der Waals surface area contributed by atoms with Crippen molar-refractivity contribution in [2.75, 3.05) is 11.9 Å². The van der Waals surface area contributed by atoms with Crippen molar-refractivity contribution in [1.82, 2.24) is 4.72 Å². The summed E-state index contributed by atoms with van der Waals surface area (Å²) in [6.45, 7) is 2.23. The third-order valence-electron chi connectivity index (χ3n) is 3.79. The summed E-state index contributed by atoms with van der Waals surface area (Å²) in [4.78, 5) is 12.3. The van der Waals surface area contributed by atoms with E-state index in [2.05, 4.69) is 10.0 Å². The number of fused-ring (bicyclic) bond motifs is 1. The highest BCUT2D eigenvalue weighted by atomic mass is 32.2. The Morgan fingerprint density at radius 1 is 1.20 bits per heavy atom. The second kappa shape index (κ2) is 6.78. The van der Waals surface area contributed by atoms with Crippen LogP contribution in [0.3, 0.4) is 0 Å². The Hall–Kier alpha value is -2.51. The van der Waals surface area contributed by atoms with E-state index in [1.54, 1.807) is 18.2 Å². The fourth-order valence-electron chi connectivity index (χ4n) is 2.57. The lowest BCUT2D eigenvalue weighted by molar-refractivity contribution is -0.110. The molecule has 1 aliphatic rings. The van der Waals surface area contributed by atoms with Gasteiger partial charge in [0, 0.05) is 17.7 Å². The Kier molecular flexibility index (Phi) is 4.69. The number of carbonyl (C=O) groups is 1. The zero-order valence-corrected chi connectivity index (χ0v) is 14.4. The van der Waals surface area contributed by atoms with E-state index in [-0.39, 0.29) is 10.8 Å². The minimum Gasteiger partial charge on any atom is -0.321 e. The van der Waals surface area contributed by atoms with Crippen molar-refractivity contribution in [3.05, 3.63) is 59.4 Å².